The molecule has 0 bridgehead atoms. The Morgan fingerprint density at radius 1 is 0.690 bits per heavy atom. The minimum atomic E-state index is -0.506. The van der Waals surface area contributed by atoms with Crippen LogP contribution in [0.5, 0.6) is 0 Å². The van der Waals surface area contributed by atoms with Gasteiger partial charge in [0.15, 0.2) is 0 Å². The summed E-state index contributed by atoms with van der Waals surface area (Å²) >= 11 is 0. The Morgan fingerprint density at radius 2 is 1.31 bits per heavy atom. The number of hydrogen-bond donors (Lipinski definition) is 0. The summed E-state index contributed by atoms with van der Waals surface area (Å²) in [6, 6.07) is 38.8. The van der Waals surface area contributed by atoms with Crippen LogP contribution in [0.25, 0.3) is 55.7 Å². The molecule has 6 aromatic rings. The predicted molar refractivity (Wildman–Crippen MR) is 171 cm³/mol. The number of nitriles is 2. The second kappa shape index (κ2) is 9.51. The average Bonchev–Trinajstić information content (AvgIpc) is 3.57. The molecule has 0 saturated heterocycles. The molecule has 2 aromatic heterocycles. The van der Waals surface area contributed by atoms with Crippen LogP contribution in [0.2, 0.25) is 0 Å². The highest BCUT2D eigenvalue weighted by atomic mass is 15.0. The van der Waals surface area contributed by atoms with Crippen molar-refractivity contribution in [3.8, 4) is 17.8 Å². The molecule has 0 aliphatic heterocycles. The Hall–Kier alpha value is -5.58. The van der Waals surface area contributed by atoms with Crippen molar-refractivity contribution in [3.63, 3.8) is 0 Å². The number of aromatic nitrogens is 2. The van der Waals surface area contributed by atoms with E-state index in [1.807, 2.05) is 6.08 Å². The molecule has 4 nitrogen and oxygen atoms in total. The molecule has 0 N–H and O–H groups in total. The van der Waals surface area contributed by atoms with Crippen molar-refractivity contribution in [2.75, 3.05) is 0 Å². The molecule has 198 valence electrons. The van der Waals surface area contributed by atoms with Gasteiger partial charge in [-0.25, -0.2) is 0 Å². The van der Waals surface area contributed by atoms with Gasteiger partial charge in [-0.15, -0.1) is 0 Å². The van der Waals surface area contributed by atoms with Gasteiger partial charge < -0.3 is 9.13 Å². The van der Waals surface area contributed by atoms with Gasteiger partial charge in [-0.05, 0) is 55.2 Å². The van der Waals surface area contributed by atoms with E-state index in [4.69, 9.17) is 0 Å². The van der Waals surface area contributed by atoms with Crippen LogP contribution in [-0.4, -0.2) is 9.13 Å². The first kappa shape index (κ1) is 24.2. The summed E-state index contributed by atoms with van der Waals surface area (Å²) in [7, 11) is 0. The van der Waals surface area contributed by atoms with Crippen LogP contribution < -0.4 is 0 Å². The Kier molecular flexibility index (Phi) is 5.49. The first-order valence-electron chi connectivity index (χ1n) is 14.4. The third-order valence-corrected chi connectivity index (χ3v) is 8.81. The maximum Gasteiger partial charge on any atom is 0.0962 e. The molecule has 1 unspecified atom stereocenters. The van der Waals surface area contributed by atoms with Crippen molar-refractivity contribution in [3.05, 3.63) is 132 Å². The van der Waals surface area contributed by atoms with E-state index in [9.17, 15) is 10.5 Å². The zero-order valence-corrected chi connectivity index (χ0v) is 23.0. The van der Waals surface area contributed by atoms with Crippen molar-refractivity contribution >= 4 is 50.1 Å². The molecule has 2 aliphatic rings. The number of nitrogens with zero attached hydrogens (tertiary/aromatic N) is 4. The first-order chi connectivity index (χ1) is 20.8. The van der Waals surface area contributed by atoms with Gasteiger partial charge in [0.25, 0.3) is 0 Å². The smallest absolute Gasteiger partial charge is 0.0962 e. The normalized spacial score (nSPS) is 16.4. The van der Waals surface area contributed by atoms with Crippen LogP contribution >= 0.6 is 0 Å². The fourth-order valence-corrected chi connectivity index (χ4v) is 6.98. The van der Waals surface area contributed by atoms with E-state index in [2.05, 4.69) is 130 Å². The third-order valence-electron chi connectivity index (χ3n) is 8.81. The largest absolute Gasteiger partial charge is 0.312 e. The van der Waals surface area contributed by atoms with Crippen molar-refractivity contribution in [2.45, 2.75) is 19.3 Å². The molecule has 0 spiro atoms. The van der Waals surface area contributed by atoms with Crippen LogP contribution in [0, 0.1) is 28.6 Å². The monoisotopic (exact) mass is 538 g/mol. The van der Waals surface area contributed by atoms with Crippen LogP contribution in [0.3, 0.4) is 0 Å². The molecular formula is C38H26N4. The molecular weight excluding hydrogens is 512 g/mol. The number of rotatable bonds is 3. The molecule has 0 saturated carbocycles. The fraction of sp³-hybridized carbons (Fsp3) is 0.105. The summed E-state index contributed by atoms with van der Waals surface area (Å²) in [5.74, 6) is -0.506. The molecule has 2 heterocycles. The van der Waals surface area contributed by atoms with Crippen LogP contribution in [0.15, 0.2) is 115 Å². The predicted octanol–water partition coefficient (Wildman–Crippen LogP) is 9.06. The zero-order chi connectivity index (χ0) is 28.2. The molecule has 0 amide bonds. The van der Waals surface area contributed by atoms with Gasteiger partial charge in [0.1, 0.15) is 0 Å². The van der Waals surface area contributed by atoms with Crippen molar-refractivity contribution in [2.24, 2.45) is 5.92 Å². The molecule has 0 fully saturated rings. The van der Waals surface area contributed by atoms with E-state index in [0.717, 1.165) is 46.4 Å². The van der Waals surface area contributed by atoms with E-state index in [1.54, 1.807) is 0 Å². The van der Waals surface area contributed by atoms with Gasteiger partial charge in [0.05, 0.1) is 46.0 Å². The topological polar surface area (TPSA) is 57.4 Å². The molecule has 2 aliphatic carbocycles. The average molecular weight is 539 g/mol. The van der Waals surface area contributed by atoms with E-state index in [-0.39, 0.29) is 0 Å². The Bertz CT molecular complexity index is 2200. The van der Waals surface area contributed by atoms with Gasteiger partial charge in [-0.2, -0.15) is 10.5 Å². The number of hydrogen-bond acceptors (Lipinski definition) is 2. The Morgan fingerprint density at radius 3 is 2.00 bits per heavy atom. The zero-order valence-electron chi connectivity index (χ0n) is 23.0. The molecule has 4 aromatic carbocycles. The summed E-state index contributed by atoms with van der Waals surface area (Å²) in [5, 5.41) is 23.9. The Balaban J connectivity index is 1.49. The van der Waals surface area contributed by atoms with Gasteiger partial charge >= 0.3 is 0 Å². The Labute approximate surface area is 244 Å². The highest BCUT2D eigenvalue weighted by Crippen LogP contribution is 2.44. The minimum absolute atomic E-state index is 0.463. The van der Waals surface area contributed by atoms with E-state index < -0.39 is 5.92 Å². The minimum Gasteiger partial charge on any atom is -0.312 e. The summed E-state index contributed by atoms with van der Waals surface area (Å²) in [6.45, 7) is 0. The highest BCUT2D eigenvalue weighted by Gasteiger charge is 2.29. The number of fused-ring (bicyclic) bond motifs is 6. The van der Waals surface area contributed by atoms with Crippen molar-refractivity contribution < 1.29 is 0 Å². The lowest BCUT2D eigenvalue weighted by atomic mass is 9.83. The van der Waals surface area contributed by atoms with Gasteiger partial charge in [-0.3, -0.25) is 0 Å². The second-order valence-corrected chi connectivity index (χ2v) is 11.0. The van der Waals surface area contributed by atoms with Crippen LogP contribution in [0.4, 0.5) is 0 Å². The lowest BCUT2D eigenvalue weighted by Crippen LogP contribution is -2.14. The second-order valence-electron chi connectivity index (χ2n) is 11.0. The maximum atomic E-state index is 10.2. The van der Waals surface area contributed by atoms with Gasteiger partial charge in [0.2, 0.25) is 0 Å². The van der Waals surface area contributed by atoms with Crippen LogP contribution in [0.1, 0.15) is 29.7 Å². The molecule has 8 rings (SSSR count). The fourth-order valence-electron chi connectivity index (χ4n) is 6.98. The van der Waals surface area contributed by atoms with E-state index in [0.29, 0.717) is 12.0 Å². The number of para-hydroxylation sites is 4. The number of allylic oxidation sites excluding steroid dienone is 5. The lowest BCUT2D eigenvalue weighted by molar-refractivity contribution is 0.812. The molecule has 42 heavy (non-hydrogen) atoms. The summed E-state index contributed by atoms with van der Waals surface area (Å²) in [5.41, 5.74) is 10.7. The van der Waals surface area contributed by atoms with Crippen molar-refractivity contribution in [1.29, 1.82) is 10.5 Å². The quantitative estimate of drug-likeness (QED) is 0.226. The number of benzene rings is 4. The highest BCUT2D eigenvalue weighted by molar-refractivity contribution is 6.12. The van der Waals surface area contributed by atoms with Gasteiger partial charge in [-0.1, -0.05) is 84.9 Å². The summed E-state index contributed by atoms with van der Waals surface area (Å²) < 4.78 is 4.71. The van der Waals surface area contributed by atoms with E-state index >= 15 is 0 Å². The molecule has 4 heteroatoms. The SMILES string of the molecule is N#CC1=CC(n2c3ccccc3c3ccccc32)=C(c2ccccc2-n2c3c(c4ccccc42)C=CCC3)CC1C#N. The summed E-state index contributed by atoms with van der Waals surface area (Å²) in [4.78, 5) is 0. The van der Waals surface area contributed by atoms with Gasteiger partial charge in [0, 0.05) is 38.6 Å². The maximum absolute atomic E-state index is 10.2. The lowest BCUT2D eigenvalue weighted by Gasteiger charge is -2.26. The first-order valence-corrected chi connectivity index (χ1v) is 14.4. The third kappa shape index (κ3) is 3.46. The van der Waals surface area contributed by atoms with Crippen molar-refractivity contribution in [1.82, 2.24) is 9.13 Å². The standard InChI is InChI=1S/C38H26N4/c39-23-25-21-32(38(22-26(25)24-40)42-35-18-8-3-13-29(35)30-14-4-9-19-36(30)42)31-15-5-10-20-37(31)41-33-16-6-1-11-27(33)28-12-2-7-17-34(28)41/h1-6,8-16,18-20,22,25H,7,17,21H2. The molecule has 1 atom stereocenters. The molecule has 0 radical (unpaired) electrons. The van der Waals surface area contributed by atoms with E-state index in [1.165, 1.54) is 32.9 Å². The summed E-state index contributed by atoms with van der Waals surface area (Å²) in [6.07, 6.45) is 8.91. The van der Waals surface area contributed by atoms with Crippen LogP contribution in [-0.2, 0) is 6.42 Å².